The van der Waals surface area contributed by atoms with Crippen molar-refractivity contribution in [2.24, 2.45) is 0 Å². The van der Waals surface area contributed by atoms with Crippen molar-refractivity contribution in [3.63, 3.8) is 0 Å². The Hall–Kier alpha value is -1.32. The maximum atomic E-state index is 5.79. The minimum atomic E-state index is 0.353. The molecule has 0 saturated heterocycles. The molecule has 0 amide bonds. The minimum Gasteiger partial charge on any atom is -0.493 e. The van der Waals surface area contributed by atoms with Crippen molar-refractivity contribution in [3.05, 3.63) is 52.2 Å². The van der Waals surface area contributed by atoms with Crippen molar-refractivity contribution in [2.75, 3.05) is 13.7 Å². The fourth-order valence-electron chi connectivity index (χ4n) is 1.76. The normalized spacial score (nSPS) is 12.3. The Morgan fingerprint density at radius 3 is 2.89 bits per heavy atom. The zero-order valence-electron chi connectivity index (χ0n) is 10.8. The van der Waals surface area contributed by atoms with Gasteiger partial charge in [-0.05, 0) is 43.1 Å². The molecule has 1 heterocycles. The van der Waals surface area contributed by atoms with Crippen LogP contribution in [0.4, 0.5) is 0 Å². The number of thiophene rings is 1. The highest BCUT2D eigenvalue weighted by Crippen LogP contribution is 2.19. The summed E-state index contributed by atoms with van der Waals surface area (Å²) in [5.41, 5.74) is 1.26. The first-order valence-corrected chi connectivity index (χ1v) is 7.10. The molecule has 0 bridgehead atoms. The van der Waals surface area contributed by atoms with Crippen LogP contribution in [0.2, 0.25) is 0 Å². The van der Waals surface area contributed by atoms with E-state index >= 15 is 0 Å². The molecule has 1 atom stereocenters. The van der Waals surface area contributed by atoms with Crippen LogP contribution in [-0.2, 0) is 6.42 Å². The van der Waals surface area contributed by atoms with Gasteiger partial charge in [0.1, 0.15) is 5.75 Å². The van der Waals surface area contributed by atoms with E-state index in [0.717, 1.165) is 18.8 Å². The molecular weight excluding hydrogens is 242 g/mol. The number of ether oxygens (including phenoxy) is 1. The standard InChI is InChI=1S/C15H19NOS/c1-12(16-2)13-5-3-6-14(11-13)17-9-8-15-7-4-10-18-15/h3-7,10-12,16H,8-9H2,1-2H3. The molecular formula is C15H19NOS. The van der Waals surface area contributed by atoms with E-state index in [1.807, 2.05) is 19.2 Å². The SMILES string of the molecule is CNC(C)c1cccc(OCCc2cccs2)c1. The quantitative estimate of drug-likeness (QED) is 0.857. The molecule has 2 rings (SSSR count). The summed E-state index contributed by atoms with van der Waals surface area (Å²) < 4.78 is 5.79. The maximum absolute atomic E-state index is 5.79. The molecule has 0 fully saturated rings. The monoisotopic (exact) mass is 261 g/mol. The van der Waals surface area contributed by atoms with Gasteiger partial charge in [-0.25, -0.2) is 0 Å². The summed E-state index contributed by atoms with van der Waals surface area (Å²) in [5, 5.41) is 5.33. The molecule has 0 aliphatic rings. The average molecular weight is 261 g/mol. The van der Waals surface area contributed by atoms with E-state index in [4.69, 9.17) is 4.74 Å². The first-order valence-electron chi connectivity index (χ1n) is 6.22. The zero-order chi connectivity index (χ0) is 12.8. The molecule has 1 aromatic carbocycles. The van der Waals surface area contributed by atoms with Crippen LogP contribution in [0, 0.1) is 0 Å². The van der Waals surface area contributed by atoms with E-state index < -0.39 is 0 Å². The maximum Gasteiger partial charge on any atom is 0.119 e. The predicted octanol–water partition coefficient (Wildman–Crippen LogP) is 3.65. The van der Waals surface area contributed by atoms with Gasteiger partial charge in [0.25, 0.3) is 0 Å². The fourth-order valence-corrected chi connectivity index (χ4v) is 2.45. The average Bonchev–Trinajstić information content (AvgIpc) is 2.91. The Labute approximate surface area is 113 Å². The van der Waals surface area contributed by atoms with Gasteiger partial charge in [-0.15, -0.1) is 11.3 Å². The lowest BCUT2D eigenvalue weighted by molar-refractivity contribution is 0.322. The van der Waals surface area contributed by atoms with E-state index in [1.165, 1.54) is 10.4 Å². The first-order chi connectivity index (χ1) is 8.79. The summed E-state index contributed by atoms with van der Waals surface area (Å²) in [6.07, 6.45) is 0.976. The van der Waals surface area contributed by atoms with Crippen LogP contribution in [0.25, 0.3) is 0 Å². The Kier molecular flexibility index (Phi) is 4.79. The van der Waals surface area contributed by atoms with E-state index in [1.54, 1.807) is 11.3 Å². The smallest absolute Gasteiger partial charge is 0.119 e. The van der Waals surface area contributed by atoms with Gasteiger partial charge in [0.15, 0.2) is 0 Å². The molecule has 18 heavy (non-hydrogen) atoms. The topological polar surface area (TPSA) is 21.3 Å². The Balaban J connectivity index is 1.89. The summed E-state index contributed by atoms with van der Waals surface area (Å²) in [4.78, 5) is 1.37. The number of nitrogens with one attached hydrogen (secondary N) is 1. The zero-order valence-corrected chi connectivity index (χ0v) is 11.7. The van der Waals surface area contributed by atoms with Crippen molar-refractivity contribution in [3.8, 4) is 5.75 Å². The van der Waals surface area contributed by atoms with Crippen molar-refractivity contribution in [2.45, 2.75) is 19.4 Å². The molecule has 2 nitrogen and oxygen atoms in total. The summed E-state index contributed by atoms with van der Waals surface area (Å²) in [5.74, 6) is 0.950. The molecule has 0 saturated carbocycles. The van der Waals surface area contributed by atoms with E-state index in [-0.39, 0.29) is 0 Å². The van der Waals surface area contributed by atoms with Crippen LogP contribution in [0.1, 0.15) is 23.4 Å². The second kappa shape index (κ2) is 6.57. The number of hydrogen-bond donors (Lipinski definition) is 1. The highest BCUT2D eigenvalue weighted by Gasteiger charge is 2.03. The molecule has 1 aromatic heterocycles. The molecule has 3 heteroatoms. The molecule has 1 N–H and O–H groups in total. The predicted molar refractivity (Wildman–Crippen MR) is 77.4 cm³/mol. The van der Waals surface area contributed by atoms with Gasteiger partial charge in [0.05, 0.1) is 6.61 Å². The van der Waals surface area contributed by atoms with Crippen molar-refractivity contribution in [1.29, 1.82) is 0 Å². The molecule has 0 radical (unpaired) electrons. The van der Waals surface area contributed by atoms with Gasteiger partial charge >= 0.3 is 0 Å². The minimum absolute atomic E-state index is 0.353. The number of hydrogen-bond acceptors (Lipinski definition) is 3. The van der Waals surface area contributed by atoms with Crippen molar-refractivity contribution >= 4 is 11.3 Å². The highest BCUT2D eigenvalue weighted by atomic mass is 32.1. The molecule has 96 valence electrons. The van der Waals surface area contributed by atoms with Crippen LogP contribution >= 0.6 is 11.3 Å². The summed E-state index contributed by atoms with van der Waals surface area (Å²) in [6, 6.07) is 12.9. The first kappa shape index (κ1) is 13.1. The van der Waals surface area contributed by atoms with E-state index in [0.29, 0.717) is 6.04 Å². The lowest BCUT2D eigenvalue weighted by Gasteiger charge is -2.12. The van der Waals surface area contributed by atoms with Crippen molar-refractivity contribution < 1.29 is 4.74 Å². The third-order valence-electron chi connectivity index (χ3n) is 2.99. The van der Waals surface area contributed by atoms with Gasteiger partial charge in [-0.1, -0.05) is 18.2 Å². The Bertz CT molecular complexity index is 467. The lowest BCUT2D eigenvalue weighted by atomic mass is 10.1. The summed E-state index contributed by atoms with van der Waals surface area (Å²) >= 11 is 1.78. The highest BCUT2D eigenvalue weighted by molar-refractivity contribution is 7.09. The van der Waals surface area contributed by atoms with E-state index in [9.17, 15) is 0 Å². The second-order valence-corrected chi connectivity index (χ2v) is 5.29. The Morgan fingerprint density at radius 2 is 2.17 bits per heavy atom. The molecule has 1 unspecified atom stereocenters. The number of benzene rings is 1. The molecule has 0 aliphatic carbocycles. The third kappa shape index (κ3) is 3.59. The number of rotatable bonds is 6. The van der Waals surface area contributed by atoms with Crippen LogP contribution in [-0.4, -0.2) is 13.7 Å². The Morgan fingerprint density at radius 1 is 1.28 bits per heavy atom. The van der Waals surface area contributed by atoms with Crippen LogP contribution in [0.15, 0.2) is 41.8 Å². The third-order valence-corrected chi connectivity index (χ3v) is 3.92. The van der Waals surface area contributed by atoms with Crippen LogP contribution in [0.5, 0.6) is 5.75 Å². The van der Waals surface area contributed by atoms with Crippen molar-refractivity contribution in [1.82, 2.24) is 5.32 Å². The second-order valence-electron chi connectivity index (χ2n) is 4.26. The summed E-state index contributed by atoms with van der Waals surface area (Å²) in [6.45, 7) is 2.88. The molecule has 0 spiro atoms. The van der Waals surface area contributed by atoms with Crippen LogP contribution in [0.3, 0.4) is 0 Å². The fraction of sp³-hybridized carbons (Fsp3) is 0.333. The van der Waals surface area contributed by atoms with E-state index in [2.05, 4.69) is 41.9 Å². The van der Waals surface area contributed by atoms with Gasteiger partial charge < -0.3 is 10.1 Å². The molecule has 0 aliphatic heterocycles. The van der Waals surface area contributed by atoms with Gasteiger partial charge in [0.2, 0.25) is 0 Å². The largest absolute Gasteiger partial charge is 0.493 e. The van der Waals surface area contributed by atoms with Crippen LogP contribution < -0.4 is 10.1 Å². The van der Waals surface area contributed by atoms with Gasteiger partial charge in [-0.2, -0.15) is 0 Å². The van der Waals surface area contributed by atoms with Gasteiger partial charge in [0, 0.05) is 17.3 Å². The summed E-state index contributed by atoms with van der Waals surface area (Å²) in [7, 11) is 1.97. The molecule has 2 aromatic rings. The lowest BCUT2D eigenvalue weighted by Crippen LogP contribution is -2.12. The van der Waals surface area contributed by atoms with Gasteiger partial charge in [-0.3, -0.25) is 0 Å².